The van der Waals surface area contributed by atoms with Gasteiger partial charge < -0.3 is 15.4 Å². The highest BCUT2D eigenvalue weighted by Crippen LogP contribution is 2.16. The topological polar surface area (TPSA) is 126 Å². The van der Waals surface area contributed by atoms with Gasteiger partial charge in [0.15, 0.2) is 0 Å². The average molecular weight is 376 g/mol. The third kappa shape index (κ3) is 7.68. The fourth-order valence-electron chi connectivity index (χ4n) is 1.92. The van der Waals surface area contributed by atoms with Gasteiger partial charge in [0.2, 0.25) is 5.91 Å². The largest absolute Gasteiger partial charge is 0.465 e. The molecule has 9 heteroatoms. The van der Waals surface area contributed by atoms with Crippen molar-refractivity contribution in [1.82, 2.24) is 10.7 Å². The van der Waals surface area contributed by atoms with Gasteiger partial charge in [-0.1, -0.05) is 26.0 Å². The maximum atomic E-state index is 12.1. The van der Waals surface area contributed by atoms with Crippen LogP contribution in [0.1, 0.15) is 37.6 Å². The van der Waals surface area contributed by atoms with Gasteiger partial charge >= 0.3 is 17.8 Å². The number of carbonyl (C=O) groups excluding carboxylic acids is 4. The summed E-state index contributed by atoms with van der Waals surface area (Å²) in [6, 6.07) is 6.41. The molecule has 0 aromatic heterocycles. The maximum Gasteiger partial charge on any atom is 0.339 e. The molecule has 27 heavy (non-hydrogen) atoms. The summed E-state index contributed by atoms with van der Waals surface area (Å²) in [6.45, 7) is 5.70. The van der Waals surface area contributed by atoms with E-state index in [1.807, 2.05) is 13.8 Å². The van der Waals surface area contributed by atoms with E-state index in [0.717, 1.165) is 0 Å². The summed E-state index contributed by atoms with van der Waals surface area (Å²) in [6.07, 6.45) is -0.136. The minimum absolute atomic E-state index is 0.136. The lowest BCUT2D eigenvalue weighted by molar-refractivity contribution is -0.139. The van der Waals surface area contributed by atoms with Gasteiger partial charge in [-0.15, -0.1) is 0 Å². The molecule has 0 aliphatic rings. The third-order valence-electron chi connectivity index (χ3n) is 3.25. The number of esters is 1. The van der Waals surface area contributed by atoms with Crippen molar-refractivity contribution in [2.75, 3.05) is 19.0 Å². The van der Waals surface area contributed by atoms with Gasteiger partial charge in [-0.2, -0.15) is 5.10 Å². The number of carbonyl (C=O) groups is 4. The van der Waals surface area contributed by atoms with Crippen molar-refractivity contribution in [3.05, 3.63) is 29.8 Å². The number of nitrogens with one attached hydrogen (secondary N) is 3. The van der Waals surface area contributed by atoms with Crippen molar-refractivity contribution in [3.8, 4) is 0 Å². The third-order valence-corrected chi connectivity index (χ3v) is 3.25. The zero-order valence-electron chi connectivity index (χ0n) is 15.8. The van der Waals surface area contributed by atoms with Crippen molar-refractivity contribution in [3.63, 3.8) is 0 Å². The van der Waals surface area contributed by atoms with Crippen molar-refractivity contribution >= 4 is 35.1 Å². The van der Waals surface area contributed by atoms with E-state index >= 15 is 0 Å². The first-order valence-electron chi connectivity index (χ1n) is 8.33. The van der Waals surface area contributed by atoms with Crippen LogP contribution in [0.2, 0.25) is 0 Å². The molecule has 9 nitrogen and oxygen atoms in total. The zero-order valence-corrected chi connectivity index (χ0v) is 15.8. The van der Waals surface area contributed by atoms with Crippen LogP contribution in [0, 0.1) is 5.92 Å². The molecule has 0 bridgehead atoms. The Bertz CT molecular complexity index is 743. The van der Waals surface area contributed by atoms with Crippen LogP contribution < -0.4 is 16.1 Å². The minimum Gasteiger partial charge on any atom is -0.465 e. The zero-order chi connectivity index (χ0) is 20.4. The molecule has 146 valence electrons. The first kappa shape index (κ1) is 21.8. The summed E-state index contributed by atoms with van der Waals surface area (Å²) in [5, 5.41) is 8.78. The van der Waals surface area contributed by atoms with E-state index in [1.54, 1.807) is 18.2 Å². The Hall–Kier alpha value is -3.23. The number of rotatable bonds is 7. The maximum absolute atomic E-state index is 12.1. The number of anilines is 1. The van der Waals surface area contributed by atoms with E-state index in [1.165, 1.54) is 20.1 Å². The highest BCUT2D eigenvalue weighted by molar-refractivity contribution is 6.35. The number of para-hydroxylation sites is 1. The van der Waals surface area contributed by atoms with Gasteiger partial charge in [0.05, 0.1) is 24.8 Å². The van der Waals surface area contributed by atoms with E-state index in [0.29, 0.717) is 12.2 Å². The fraction of sp³-hybridized carbons (Fsp3) is 0.389. The summed E-state index contributed by atoms with van der Waals surface area (Å²) in [5.41, 5.74) is 2.91. The van der Waals surface area contributed by atoms with Crippen LogP contribution in [0.5, 0.6) is 0 Å². The molecular formula is C18H24N4O5. The summed E-state index contributed by atoms with van der Waals surface area (Å²) >= 11 is 0. The number of hydrazone groups is 1. The number of amides is 3. The Morgan fingerprint density at radius 2 is 1.78 bits per heavy atom. The number of ether oxygens (including phenoxy) is 1. The first-order valence-corrected chi connectivity index (χ1v) is 8.33. The van der Waals surface area contributed by atoms with Gasteiger partial charge in [-0.05, 0) is 25.0 Å². The highest BCUT2D eigenvalue weighted by atomic mass is 16.5. The molecule has 3 N–H and O–H groups in total. The van der Waals surface area contributed by atoms with Crippen LogP contribution in [0.4, 0.5) is 5.69 Å². The standard InChI is InChI=1S/C18H24N4O5/c1-11(2)10-19-16(24)17(25)22-21-12(3)9-15(23)20-14-8-6-5-7-13(14)18(26)27-4/h5-8,11H,9-10H2,1-4H3,(H,19,24)(H,20,23)(H,22,25)/b21-12+. The van der Waals surface area contributed by atoms with Crippen molar-refractivity contribution in [1.29, 1.82) is 0 Å². The number of hydrogen-bond acceptors (Lipinski definition) is 6. The van der Waals surface area contributed by atoms with E-state index in [9.17, 15) is 19.2 Å². The fourth-order valence-corrected chi connectivity index (χ4v) is 1.92. The van der Waals surface area contributed by atoms with Crippen LogP contribution >= 0.6 is 0 Å². The Morgan fingerprint density at radius 3 is 2.41 bits per heavy atom. The molecular weight excluding hydrogens is 352 g/mol. The van der Waals surface area contributed by atoms with Crippen LogP contribution in [0.15, 0.2) is 29.4 Å². The van der Waals surface area contributed by atoms with Gasteiger partial charge in [-0.3, -0.25) is 14.4 Å². The molecule has 0 atom stereocenters. The lowest BCUT2D eigenvalue weighted by Crippen LogP contribution is -2.39. The molecule has 0 fully saturated rings. The number of methoxy groups -OCH3 is 1. The molecule has 0 saturated carbocycles. The second-order valence-corrected chi connectivity index (χ2v) is 6.15. The van der Waals surface area contributed by atoms with Crippen LogP contribution in [0.3, 0.4) is 0 Å². The molecule has 1 aromatic rings. The van der Waals surface area contributed by atoms with Crippen LogP contribution in [-0.4, -0.2) is 43.1 Å². The summed E-state index contributed by atoms with van der Waals surface area (Å²) in [4.78, 5) is 46.9. The van der Waals surface area contributed by atoms with Gasteiger partial charge in [0, 0.05) is 12.3 Å². The molecule has 0 aliphatic carbocycles. The van der Waals surface area contributed by atoms with E-state index < -0.39 is 23.7 Å². The van der Waals surface area contributed by atoms with Gasteiger partial charge in [-0.25, -0.2) is 10.2 Å². The predicted octanol–water partition coefficient (Wildman–Crippen LogP) is 1.07. The molecule has 0 spiro atoms. The first-order chi connectivity index (χ1) is 12.7. The molecule has 0 heterocycles. The second kappa shape index (κ2) is 10.7. The Kier molecular flexibility index (Phi) is 8.64. The minimum atomic E-state index is -0.911. The van der Waals surface area contributed by atoms with Crippen molar-refractivity contribution in [2.45, 2.75) is 27.2 Å². The quantitative estimate of drug-likeness (QED) is 0.284. The van der Waals surface area contributed by atoms with Crippen LogP contribution in [0.25, 0.3) is 0 Å². The van der Waals surface area contributed by atoms with E-state index in [2.05, 4.69) is 25.9 Å². The SMILES string of the molecule is COC(=O)c1ccccc1NC(=O)C/C(C)=N/NC(=O)C(=O)NCC(C)C. The average Bonchev–Trinajstić information content (AvgIpc) is 2.63. The van der Waals surface area contributed by atoms with Gasteiger partial charge in [0.25, 0.3) is 0 Å². The Balaban J connectivity index is 2.60. The van der Waals surface area contributed by atoms with Gasteiger partial charge in [0.1, 0.15) is 0 Å². The number of benzene rings is 1. The Labute approximate surface area is 157 Å². The predicted molar refractivity (Wildman–Crippen MR) is 100 cm³/mol. The van der Waals surface area contributed by atoms with E-state index in [-0.39, 0.29) is 23.6 Å². The summed E-state index contributed by atoms with van der Waals surface area (Å²) < 4.78 is 4.66. The number of hydrogen-bond donors (Lipinski definition) is 3. The lowest BCUT2D eigenvalue weighted by Gasteiger charge is -2.09. The summed E-state index contributed by atoms with van der Waals surface area (Å²) in [5.74, 6) is -2.51. The number of nitrogens with zero attached hydrogens (tertiary/aromatic N) is 1. The molecule has 1 aromatic carbocycles. The molecule has 0 radical (unpaired) electrons. The Morgan fingerprint density at radius 1 is 1.11 bits per heavy atom. The molecule has 0 aliphatic heterocycles. The lowest BCUT2D eigenvalue weighted by atomic mass is 10.1. The molecule has 1 rings (SSSR count). The second-order valence-electron chi connectivity index (χ2n) is 6.15. The monoisotopic (exact) mass is 376 g/mol. The van der Waals surface area contributed by atoms with Crippen molar-refractivity contribution < 1.29 is 23.9 Å². The molecule has 0 unspecified atom stereocenters. The van der Waals surface area contributed by atoms with Crippen LogP contribution in [-0.2, 0) is 19.1 Å². The normalized spacial score (nSPS) is 10.9. The van der Waals surface area contributed by atoms with E-state index in [4.69, 9.17) is 0 Å². The molecule has 3 amide bonds. The smallest absolute Gasteiger partial charge is 0.339 e. The molecule has 0 saturated heterocycles. The summed E-state index contributed by atoms with van der Waals surface area (Å²) in [7, 11) is 1.25. The highest BCUT2D eigenvalue weighted by Gasteiger charge is 2.15. The van der Waals surface area contributed by atoms with Crippen molar-refractivity contribution in [2.24, 2.45) is 11.0 Å².